The molecule has 1 aliphatic carbocycles. The van der Waals surface area contributed by atoms with Crippen molar-refractivity contribution in [3.8, 4) is 0 Å². The van der Waals surface area contributed by atoms with Crippen molar-refractivity contribution >= 4 is 27.6 Å². The van der Waals surface area contributed by atoms with E-state index in [1.807, 2.05) is 0 Å². The Morgan fingerprint density at radius 1 is 1.11 bits per heavy atom. The number of hydrogen-bond donors (Lipinski definition) is 2. The number of nitrogens with zero attached hydrogens (tertiary/aromatic N) is 4. The average Bonchev–Trinajstić information content (AvgIpc) is 3.53. The van der Waals surface area contributed by atoms with Crippen LogP contribution in [0.3, 0.4) is 0 Å². The molecule has 4 rings (SSSR count). The Bertz CT molecular complexity index is 1230. The first kappa shape index (κ1) is 26.9. The molecule has 2 aromatic heterocycles. The Labute approximate surface area is 217 Å². The average molecular weight is 531 g/mol. The summed E-state index contributed by atoms with van der Waals surface area (Å²) in [5.74, 6) is -0.928. The highest BCUT2D eigenvalue weighted by Gasteiger charge is 2.38. The molecule has 2 N–H and O–H groups in total. The molecule has 200 valence electrons. The second-order valence-electron chi connectivity index (χ2n) is 9.92. The van der Waals surface area contributed by atoms with Gasteiger partial charge in [0.1, 0.15) is 11.7 Å². The first-order valence-corrected chi connectivity index (χ1v) is 14.2. The number of amides is 2. The summed E-state index contributed by atoms with van der Waals surface area (Å²) in [7, 11) is -2.32. The minimum atomic E-state index is -3.97. The smallest absolute Gasteiger partial charge is 0.270 e. The van der Waals surface area contributed by atoms with Crippen molar-refractivity contribution in [1.82, 2.24) is 29.7 Å². The number of ketones is 1. The van der Waals surface area contributed by atoms with Gasteiger partial charge >= 0.3 is 0 Å². The largest absolute Gasteiger partial charge is 0.344 e. The third kappa shape index (κ3) is 6.24. The molecule has 0 spiro atoms. The molecular weight excluding hydrogens is 496 g/mol. The summed E-state index contributed by atoms with van der Waals surface area (Å²) in [6, 6.07) is 4.07. The van der Waals surface area contributed by atoms with E-state index < -0.39 is 45.7 Å². The number of nitrogens with one attached hydrogen (secondary N) is 2. The molecule has 3 heterocycles. The van der Waals surface area contributed by atoms with Gasteiger partial charge in [0.25, 0.3) is 15.9 Å². The normalized spacial score (nSPS) is 22.4. The molecule has 1 aliphatic heterocycles. The molecule has 0 radical (unpaired) electrons. The van der Waals surface area contributed by atoms with Gasteiger partial charge in [-0.3, -0.25) is 19.1 Å². The lowest BCUT2D eigenvalue weighted by atomic mass is 9.97. The summed E-state index contributed by atoms with van der Waals surface area (Å²) < 4.78 is 28.9. The maximum absolute atomic E-state index is 13.4. The molecule has 11 nitrogen and oxygen atoms in total. The number of sulfonamides is 1. The van der Waals surface area contributed by atoms with Crippen molar-refractivity contribution in [2.24, 2.45) is 13.0 Å². The molecule has 2 amide bonds. The quantitative estimate of drug-likeness (QED) is 0.525. The predicted octanol–water partition coefficient (Wildman–Crippen LogP) is 1.42. The zero-order valence-corrected chi connectivity index (χ0v) is 22.0. The number of pyridine rings is 1. The highest BCUT2D eigenvalue weighted by Crippen LogP contribution is 2.29. The molecule has 1 saturated heterocycles. The van der Waals surface area contributed by atoms with Gasteiger partial charge in [0.05, 0.1) is 12.6 Å². The van der Waals surface area contributed by atoms with Gasteiger partial charge < -0.3 is 10.6 Å². The summed E-state index contributed by atoms with van der Waals surface area (Å²) in [6.07, 6.45) is 8.23. The standard InChI is InChI=1S/C25H34N6O5S/c1-17-10-11-19(22(32)16-31(17)37(35,36)23-9-5-6-13-26-23)28-24(33)20(15-18-7-3-4-8-18)29-25(34)21-12-14-27-30(21)2/h5-6,9,12-14,17-20H,3-4,7-8,10-11,15-16H2,1-2H3,(H,28,33)(H,29,34)/t17-,19?,20?/m1/s1. The van der Waals surface area contributed by atoms with Crippen LogP contribution in [0.15, 0.2) is 41.7 Å². The van der Waals surface area contributed by atoms with E-state index in [2.05, 4.69) is 20.7 Å². The molecule has 3 atom stereocenters. The number of rotatable bonds is 8. The van der Waals surface area contributed by atoms with E-state index in [0.717, 1.165) is 30.0 Å². The summed E-state index contributed by atoms with van der Waals surface area (Å²) in [5.41, 5.74) is 0.332. The van der Waals surface area contributed by atoms with Crippen molar-refractivity contribution < 1.29 is 22.8 Å². The molecule has 0 bridgehead atoms. The van der Waals surface area contributed by atoms with E-state index in [9.17, 15) is 22.8 Å². The van der Waals surface area contributed by atoms with Crippen LogP contribution < -0.4 is 10.6 Å². The van der Waals surface area contributed by atoms with E-state index in [1.165, 1.54) is 23.1 Å². The Morgan fingerprint density at radius 2 is 1.86 bits per heavy atom. The Morgan fingerprint density at radius 3 is 2.51 bits per heavy atom. The molecule has 2 fully saturated rings. The van der Waals surface area contributed by atoms with Gasteiger partial charge in [-0.2, -0.15) is 9.40 Å². The van der Waals surface area contributed by atoms with Crippen molar-refractivity contribution in [3.63, 3.8) is 0 Å². The highest BCUT2D eigenvalue weighted by molar-refractivity contribution is 7.89. The monoisotopic (exact) mass is 530 g/mol. The van der Waals surface area contributed by atoms with Crippen LogP contribution in [0.5, 0.6) is 0 Å². The number of aryl methyl sites for hydroxylation is 1. The third-order valence-corrected chi connectivity index (χ3v) is 9.19. The van der Waals surface area contributed by atoms with Crippen LogP contribution in [0.4, 0.5) is 0 Å². The predicted molar refractivity (Wildman–Crippen MR) is 135 cm³/mol. The van der Waals surface area contributed by atoms with Gasteiger partial charge in [0.15, 0.2) is 10.8 Å². The number of carbonyl (C=O) groups is 3. The minimum absolute atomic E-state index is 0.119. The summed E-state index contributed by atoms with van der Waals surface area (Å²) in [6.45, 7) is 1.38. The van der Waals surface area contributed by atoms with Crippen molar-refractivity contribution in [1.29, 1.82) is 0 Å². The van der Waals surface area contributed by atoms with E-state index >= 15 is 0 Å². The lowest BCUT2D eigenvalue weighted by Crippen LogP contribution is -2.53. The number of hydrogen-bond acceptors (Lipinski definition) is 7. The summed E-state index contributed by atoms with van der Waals surface area (Å²) >= 11 is 0. The van der Waals surface area contributed by atoms with Crippen LogP contribution in [0.2, 0.25) is 0 Å². The van der Waals surface area contributed by atoms with E-state index in [-0.39, 0.29) is 11.6 Å². The fourth-order valence-electron chi connectivity index (χ4n) is 5.14. The Hall–Kier alpha value is -3.12. The SMILES string of the molecule is C[C@@H]1CCC(NC(=O)C(CC2CCCC2)NC(=O)c2ccnn2C)C(=O)CN1S(=O)(=O)c1ccccn1. The molecule has 12 heteroatoms. The zero-order valence-electron chi connectivity index (χ0n) is 21.2. The van der Waals surface area contributed by atoms with Crippen LogP contribution >= 0.6 is 0 Å². The molecule has 2 aliphatic rings. The van der Waals surface area contributed by atoms with Crippen LogP contribution in [0.1, 0.15) is 62.4 Å². The Balaban J connectivity index is 1.47. The van der Waals surface area contributed by atoms with Crippen molar-refractivity contribution in [2.45, 2.75) is 75.0 Å². The highest BCUT2D eigenvalue weighted by atomic mass is 32.2. The second kappa shape index (κ2) is 11.5. The van der Waals surface area contributed by atoms with Crippen LogP contribution in [0, 0.1) is 5.92 Å². The molecule has 2 unspecified atom stereocenters. The lowest BCUT2D eigenvalue weighted by molar-refractivity contribution is -0.129. The first-order valence-electron chi connectivity index (χ1n) is 12.7. The maximum atomic E-state index is 13.4. The zero-order chi connectivity index (χ0) is 26.6. The van der Waals surface area contributed by atoms with Gasteiger partial charge in [-0.25, -0.2) is 13.4 Å². The maximum Gasteiger partial charge on any atom is 0.270 e. The van der Waals surface area contributed by atoms with E-state index in [0.29, 0.717) is 30.9 Å². The number of carbonyl (C=O) groups excluding carboxylic acids is 3. The van der Waals surface area contributed by atoms with Gasteiger partial charge in [-0.15, -0.1) is 0 Å². The molecule has 37 heavy (non-hydrogen) atoms. The van der Waals surface area contributed by atoms with E-state index in [4.69, 9.17) is 0 Å². The summed E-state index contributed by atoms with van der Waals surface area (Å²) in [4.78, 5) is 43.4. The molecule has 2 aromatic rings. The van der Waals surface area contributed by atoms with Gasteiger partial charge in [0.2, 0.25) is 5.91 Å². The molecule has 1 saturated carbocycles. The molecular formula is C25H34N6O5S. The van der Waals surface area contributed by atoms with Crippen LogP contribution in [-0.4, -0.2) is 69.8 Å². The topological polar surface area (TPSA) is 143 Å². The van der Waals surface area contributed by atoms with Gasteiger partial charge in [0, 0.05) is 25.5 Å². The van der Waals surface area contributed by atoms with Gasteiger partial charge in [-0.05, 0) is 50.3 Å². The second-order valence-corrected chi connectivity index (χ2v) is 11.8. The fourth-order valence-corrected chi connectivity index (χ4v) is 6.70. The Kier molecular flexibility index (Phi) is 8.38. The van der Waals surface area contributed by atoms with Crippen molar-refractivity contribution in [2.75, 3.05) is 6.54 Å². The third-order valence-electron chi connectivity index (χ3n) is 7.31. The number of aromatic nitrogens is 3. The van der Waals surface area contributed by atoms with Crippen molar-refractivity contribution in [3.05, 3.63) is 42.4 Å². The number of Topliss-reactive ketones (excluding diaryl/α,β-unsaturated/α-hetero) is 1. The van der Waals surface area contributed by atoms with Crippen LogP contribution in [-0.2, 0) is 26.7 Å². The molecule has 0 aromatic carbocycles. The minimum Gasteiger partial charge on any atom is -0.344 e. The first-order chi connectivity index (χ1) is 17.7. The summed E-state index contributed by atoms with van der Waals surface area (Å²) in [5, 5.41) is 9.55. The fraction of sp³-hybridized carbons (Fsp3) is 0.560. The van der Waals surface area contributed by atoms with E-state index in [1.54, 1.807) is 32.2 Å². The lowest BCUT2D eigenvalue weighted by Gasteiger charge is -2.25. The van der Waals surface area contributed by atoms with Crippen LogP contribution in [0.25, 0.3) is 0 Å². The van der Waals surface area contributed by atoms with Gasteiger partial charge in [-0.1, -0.05) is 31.7 Å².